The lowest BCUT2D eigenvalue weighted by molar-refractivity contribution is -0.153. The van der Waals surface area contributed by atoms with E-state index in [-0.39, 0.29) is 31.2 Å². The third kappa shape index (κ3) is 4.41. The van der Waals surface area contributed by atoms with E-state index in [1.807, 2.05) is 30.3 Å². The number of halogens is 3. The molecule has 1 aliphatic rings. The molecule has 9 heteroatoms. The van der Waals surface area contributed by atoms with Crippen LogP contribution >= 0.6 is 0 Å². The molecule has 27 heavy (non-hydrogen) atoms. The van der Waals surface area contributed by atoms with E-state index in [1.165, 1.54) is 16.9 Å². The van der Waals surface area contributed by atoms with Crippen LogP contribution in [0.25, 0.3) is 5.69 Å². The summed E-state index contributed by atoms with van der Waals surface area (Å²) in [5.41, 5.74) is 0.927. The van der Waals surface area contributed by atoms with E-state index in [0.29, 0.717) is 5.75 Å². The summed E-state index contributed by atoms with van der Waals surface area (Å²) in [7, 11) is 1.45. The topological polar surface area (TPSA) is 50.6 Å². The van der Waals surface area contributed by atoms with Crippen LogP contribution in [0.5, 0.6) is 5.75 Å². The second-order valence-electron chi connectivity index (χ2n) is 6.51. The van der Waals surface area contributed by atoms with Crippen molar-refractivity contribution in [3.8, 4) is 11.4 Å². The van der Waals surface area contributed by atoms with E-state index >= 15 is 0 Å². The fourth-order valence-electron chi connectivity index (χ4n) is 3.16. The minimum absolute atomic E-state index is 0.151. The van der Waals surface area contributed by atoms with Crippen LogP contribution in [0.4, 0.5) is 13.2 Å². The smallest absolute Gasteiger partial charge is 0.401 e. The first kappa shape index (κ1) is 19.2. The van der Waals surface area contributed by atoms with E-state index in [0.717, 1.165) is 5.69 Å². The molecule has 1 aromatic heterocycles. The van der Waals surface area contributed by atoms with E-state index in [4.69, 9.17) is 4.74 Å². The molecule has 146 valence electrons. The number of rotatable bonds is 4. The van der Waals surface area contributed by atoms with Gasteiger partial charge in [0.2, 0.25) is 0 Å². The molecular formula is C18H21F3N4O2. The molecule has 0 aliphatic carbocycles. The Kier molecular flexibility index (Phi) is 5.41. The zero-order valence-electron chi connectivity index (χ0n) is 15.1. The minimum atomic E-state index is -4.25. The summed E-state index contributed by atoms with van der Waals surface area (Å²) >= 11 is 0. The van der Waals surface area contributed by atoms with Crippen molar-refractivity contribution in [3.63, 3.8) is 0 Å². The molecule has 1 aromatic carbocycles. The average Bonchev–Trinajstić information content (AvgIpc) is 3.07. The van der Waals surface area contributed by atoms with Gasteiger partial charge in [-0.2, -0.15) is 18.3 Å². The number of nitrogens with zero attached hydrogens (tertiary/aromatic N) is 4. The van der Waals surface area contributed by atoms with Crippen LogP contribution in [0.1, 0.15) is 17.4 Å². The molecule has 6 nitrogen and oxygen atoms in total. The predicted molar refractivity (Wildman–Crippen MR) is 93.1 cm³/mol. The van der Waals surface area contributed by atoms with Gasteiger partial charge in [-0.15, -0.1) is 0 Å². The normalized spacial score (nSPS) is 18.6. The van der Waals surface area contributed by atoms with Gasteiger partial charge in [0.25, 0.3) is 5.91 Å². The van der Waals surface area contributed by atoms with E-state index < -0.39 is 18.8 Å². The number of hydrogen-bond donors (Lipinski definition) is 0. The molecule has 1 saturated heterocycles. The Labute approximate surface area is 155 Å². The second-order valence-corrected chi connectivity index (χ2v) is 6.51. The number of aromatic nitrogens is 2. The Bertz CT molecular complexity index is 792. The van der Waals surface area contributed by atoms with Gasteiger partial charge in [0.1, 0.15) is 0 Å². The highest BCUT2D eigenvalue weighted by Crippen LogP contribution is 2.24. The van der Waals surface area contributed by atoms with Crippen LogP contribution in [0.15, 0.2) is 36.5 Å². The third-order valence-corrected chi connectivity index (χ3v) is 4.56. The number of amides is 1. The fraction of sp³-hybridized carbons (Fsp3) is 0.444. The first-order valence-corrected chi connectivity index (χ1v) is 8.57. The summed E-state index contributed by atoms with van der Waals surface area (Å²) in [5.74, 6) is -0.0192. The zero-order valence-corrected chi connectivity index (χ0v) is 15.1. The average molecular weight is 382 g/mol. The van der Waals surface area contributed by atoms with Crippen molar-refractivity contribution in [2.45, 2.75) is 19.1 Å². The van der Waals surface area contributed by atoms with E-state index in [1.54, 1.807) is 17.8 Å². The molecule has 0 unspecified atom stereocenters. The van der Waals surface area contributed by atoms with Crippen molar-refractivity contribution in [1.82, 2.24) is 19.6 Å². The van der Waals surface area contributed by atoms with Gasteiger partial charge in [-0.05, 0) is 19.1 Å². The summed E-state index contributed by atoms with van der Waals surface area (Å²) in [6.07, 6.45) is -2.63. The van der Waals surface area contributed by atoms with Crippen LogP contribution < -0.4 is 4.74 Å². The van der Waals surface area contributed by atoms with E-state index in [2.05, 4.69) is 5.10 Å². The molecule has 3 rings (SSSR count). The number of benzene rings is 1. The van der Waals surface area contributed by atoms with Gasteiger partial charge in [-0.25, -0.2) is 4.68 Å². The Morgan fingerprint density at radius 3 is 2.56 bits per heavy atom. The summed E-state index contributed by atoms with van der Waals surface area (Å²) in [4.78, 5) is 15.8. The lowest BCUT2D eigenvalue weighted by Gasteiger charge is -2.39. The summed E-state index contributed by atoms with van der Waals surface area (Å²) < 4.78 is 44.8. The number of hydrogen-bond acceptors (Lipinski definition) is 4. The number of carbonyl (C=O) groups is 1. The first-order valence-electron chi connectivity index (χ1n) is 8.57. The standard InChI is InChI=1S/C18H21F3N4O2/c1-13-10-23(8-9-24(13)12-18(19,20)21)17(26)16-15(27-2)11-25(22-16)14-6-4-3-5-7-14/h3-7,11,13H,8-10,12H2,1-2H3/t13-/m0/s1. The quantitative estimate of drug-likeness (QED) is 0.816. The van der Waals surface area contributed by atoms with Crippen molar-refractivity contribution in [1.29, 1.82) is 0 Å². The highest BCUT2D eigenvalue weighted by atomic mass is 19.4. The second kappa shape index (κ2) is 7.59. The van der Waals surface area contributed by atoms with Crippen LogP contribution in [0.3, 0.4) is 0 Å². The number of methoxy groups -OCH3 is 1. The zero-order chi connectivity index (χ0) is 19.6. The third-order valence-electron chi connectivity index (χ3n) is 4.56. The van der Waals surface area contributed by atoms with Crippen molar-refractivity contribution in [2.75, 3.05) is 33.3 Å². The maximum Gasteiger partial charge on any atom is 0.401 e. The number of ether oxygens (including phenoxy) is 1. The number of para-hydroxylation sites is 1. The molecule has 2 aromatic rings. The molecular weight excluding hydrogens is 361 g/mol. The predicted octanol–water partition coefficient (Wildman–Crippen LogP) is 2.59. The lowest BCUT2D eigenvalue weighted by Crippen LogP contribution is -2.55. The van der Waals surface area contributed by atoms with Gasteiger partial charge in [0.15, 0.2) is 11.4 Å². The largest absolute Gasteiger partial charge is 0.493 e. The van der Waals surface area contributed by atoms with Gasteiger partial charge >= 0.3 is 6.18 Å². The summed E-state index contributed by atoms with van der Waals surface area (Å²) in [6.45, 7) is 1.29. The van der Waals surface area contributed by atoms with Gasteiger partial charge in [0, 0.05) is 25.7 Å². The van der Waals surface area contributed by atoms with Crippen LogP contribution in [-0.2, 0) is 0 Å². The van der Waals surface area contributed by atoms with Crippen LogP contribution in [-0.4, -0.2) is 71.0 Å². The van der Waals surface area contributed by atoms with Gasteiger partial charge in [-0.1, -0.05) is 18.2 Å². The number of alkyl halides is 3. The monoisotopic (exact) mass is 382 g/mol. The van der Waals surface area contributed by atoms with E-state index in [9.17, 15) is 18.0 Å². The Balaban J connectivity index is 1.76. The summed E-state index contributed by atoms with van der Waals surface area (Å²) in [5, 5.41) is 4.34. The van der Waals surface area contributed by atoms with Crippen molar-refractivity contribution in [2.24, 2.45) is 0 Å². The van der Waals surface area contributed by atoms with Gasteiger partial charge < -0.3 is 9.64 Å². The molecule has 0 radical (unpaired) electrons. The van der Waals surface area contributed by atoms with Crippen LogP contribution in [0, 0.1) is 0 Å². The molecule has 0 spiro atoms. The Morgan fingerprint density at radius 2 is 1.96 bits per heavy atom. The highest BCUT2D eigenvalue weighted by molar-refractivity contribution is 5.95. The van der Waals surface area contributed by atoms with Crippen molar-refractivity contribution in [3.05, 3.63) is 42.2 Å². The SMILES string of the molecule is COc1cn(-c2ccccc2)nc1C(=O)N1CCN(CC(F)(F)F)[C@@H](C)C1. The Morgan fingerprint density at radius 1 is 1.26 bits per heavy atom. The maximum absolute atomic E-state index is 12.9. The molecule has 1 fully saturated rings. The number of carbonyl (C=O) groups excluding carboxylic acids is 1. The van der Waals surface area contributed by atoms with Crippen LogP contribution in [0.2, 0.25) is 0 Å². The molecule has 2 heterocycles. The first-order chi connectivity index (χ1) is 12.8. The lowest BCUT2D eigenvalue weighted by atomic mass is 10.1. The van der Waals surface area contributed by atoms with Crippen molar-refractivity contribution >= 4 is 5.91 Å². The molecule has 0 saturated carbocycles. The molecule has 0 bridgehead atoms. The molecule has 1 aliphatic heterocycles. The maximum atomic E-state index is 12.9. The molecule has 1 amide bonds. The Hall–Kier alpha value is -2.55. The highest BCUT2D eigenvalue weighted by Gasteiger charge is 2.37. The fourth-order valence-corrected chi connectivity index (χ4v) is 3.16. The summed E-state index contributed by atoms with van der Waals surface area (Å²) in [6, 6.07) is 8.88. The molecule has 1 atom stereocenters. The molecule has 0 N–H and O–H groups in total. The number of piperazine rings is 1. The van der Waals surface area contributed by atoms with Gasteiger partial charge in [0.05, 0.1) is 25.5 Å². The van der Waals surface area contributed by atoms with Crippen molar-refractivity contribution < 1.29 is 22.7 Å². The minimum Gasteiger partial charge on any atom is -0.493 e. The van der Waals surface area contributed by atoms with Gasteiger partial charge in [-0.3, -0.25) is 9.69 Å².